The van der Waals surface area contributed by atoms with Gasteiger partial charge in [-0.2, -0.15) is 5.10 Å². The fourth-order valence-corrected chi connectivity index (χ4v) is 2.51. The molecule has 0 bridgehead atoms. The molecule has 21 heavy (non-hydrogen) atoms. The maximum Gasteiger partial charge on any atom is 0.254 e. The zero-order valence-electron chi connectivity index (χ0n) is 11.9. The second kappa shape index (κ2) is 5.90. The molecule has 0 spiro atoms. The third-order valence-electron chi connectivity index (χ3n) is 3.67. The summed E-state index contributed by atoms with van der Waals surface area (Å²) in [6, 6.07) is 0.200. The third-order valence-corrected chi connectivity index (χ3v) is 3.67. The first-order chi connectivity index (χ1) is 10.2. The van der Waals surface area contributed by atoms with Gasteiger partial charge in [-0.05, 0) is 12.8 Å². The second-order valence-electron chi connectivity index (χ2n) is 5.20. The van der Waals surface area contributed by atoms with Crippen molar-refractivity contribution >= 4 is 11.7 Å². The zero-order valence-corrected chi connectivity index (χ0v) is 11.9. The lowest BCUT2D eigenvalue weighted by Gasteiger charge is -2.32. The van der Waals surface area contributed by atoms with Gasteiger partial charge in [0.2, 0.25) is 0 Å². The third kappa shape index (κ3) is 3.18. The molecular formula is C14H18N6O. The Hall–Kier alpha value is -2.44. The van der Waals surface area contributed by atoms with Crippen molar-refractivity contribution in [1.82, 2.24) is 25.1 Å². The smallest absolute Gasteiger partial charge is 0.254 e. The van der Waals surface area contributed by atoms with Crippen molar-refractivity contribution in [2.75, 3.05) is 18.0 Å². The van der Waals surface area contributed by atoms with Crippen LogP contribution in [0.1, 0.15) is 23.2 Å². The summed E-state index contributed by atoms with van der Waals surface area (Å²) in [6.07, 6.45) is 10.3. The molecule has 3 rings (SSSR count). The van der Waals surface area contributed by atoms with E-state index in [9.17, 15) is 4.79 Å². The molecule has 7 nitrogen and oxygen atoms in total. The molecule has 2 aromatic rings. The summed E-state index contributed by atoms with van der Waals surface area (Å²) in [5.41, 5.74) is 0.605. The Labute approximate surface area is 123 Å². The Bertz CT molecular complexity index is 603. The number of amides is 1. The number of piperidine rings is 1. The van der Waals surface area contributed by atoms with Gasteiger partial charge < -0.3 is 10.2 Å². The van der Waals surface area contributed by atoms with E-state index >= 15 is 0 Å². The van der Waals surface area contributed by atoms with Gasteiger partial charge in [0.1, 0.15) is 5.82 Å². The Morgan fingerprint density at radius 3 is 2.71 bits per heavy atom. The average Bonchev–Trinajstić information content (AvgIpc) is 2.96. The van der Waals surface area contributed by atoms with Gasteiger partial charge in [-0.1, -0.05) is 0 Å². The highest BCUT2D eigenvalue weighted by Crippen LogP contribution is 2.16. The standard InChI is InChI=1S/C14H18N6O/c1-19-10-11(8-17-19)14(21)18-12-2-6-20(7-3-12)13-9-15-4-5-16-13/h4-5,8-10,12H,2-3,6-7H2,1H3,(H,18,21). The number of hydrogen-bond acceptors (Lipinski definition) is 5. The van der Waals surface area contributed by atoms with Gasteiger partial charge in [0, 0.05) is 44.8 Å². The summed E-state index contributed by atoms with van der Waals surface area (Å²) < 4.78 is 1.63. The quantitative estimate of drug-likeness (QED) is 0.894. The number of carbonyl (C=O) groups is 1. The molecule has 0 unspecified atom stereocenters. The Morgan fingerprint density at radius 1 is 1.29 bits per heavy atom. The number of aromatic nitrogens is 4. The summed E-state index contributed by atoms with van der Waals surface area (Å²) in [6.45, 7) is 1.74. The highest BCUT2D eigenvalue weighted by atomic mass is 16.1. The van der Waals surface area contributed by atoms with Crippen LogP contribution < -0.4 is 10.2 Å². The van der Waals surface area contributed by atoms with Gasteiger partial charge in [0.05, 0.1) is 18.0 Å². The second-order valence-corrected chi connectivity index (χ2v) is 5.20. The molecule has 1 amide bonds. The predicted molar refractivity (Wildman–Crippen MR) is 77.9 cm³/mol. The average molecular weight is 286 g/mol. The van der Waals surface area contributed by atoms with Gasteiger partial charge in [0.25, 0.3) is 5.91 Å². The fraction of sp³-hybridized carbons (Fsp3) is 0.429. The molecule has 1 aliphatic heterocycles. The van der Waals surface area contributed by atoms with Crippen molar-refractivity contribution < 1.29 is 4.79 Å². The maximum absolute atomic E-state index is 12.1. The van der Waals surface area contributed by atoms with E-state index in [1.807, 2.05) is 0 Å². The van der Waals surface area contributed by atoms with Crippen LogP contribution in [0.3, 0.4) is 0 Å². The summed E-state index contributed by atoms with van der Waals surface area (Å²) in [4.78, 5) is 22.7. The van der Waals surface area contributed by atoms with Crippen molar-refractivity contribution in [3.63, 3.8) is 0 Å². The minimum Gasteiger partial charge on any atom is -0.355 e. The topological polar surface area (TPSA) is 75.9 Å². The largest absolute Gasteiger partial charge is 0.355 e. The van der Waals surface area contributed by atoms with E-state index in [-0.39, 0.29) is 11.9 Å². The number of nitrogens with one attached hydrogen (secondary N) is 1. The number of nitrogens with zero attached hydrogens (tertiary/aromatic N) is 5. The van der Waals surface area contributed by atoms with Crippen LogP contribution in [0.15, 0.2) is 31.0 Å². The predicted octanol–water partition coefficient (Wildman–Crippen LogP) is 0.609. The molecule has 0 aromatic carbocycles. The van der Waals surface area contributed by atoms with Crippen LogP contribution in [0, 0.1) is 0 Å². The van der Waals surface area contributed by atoms with Crippen LogP contribution in [0.5, 0.6) is 0 Å². The lowest BCUT2D eigenvalue weighted by Crippen LogP contribution is -2.44. The molecule has 0 radical (unpaired) electrons. The number of anilines is 1. The van der Waals surface area contributed by atoms with E-state index in [0.29, 0.717) is 5.56 Å². The first kappa shape index (κ1) is 13.5. The van der Waals surface area contributed by atoms with Crippen LogP contribution in [0.25, 0.3) is 0 Å². The van der Waals surface area contributed by atoms with Gasteiger partial charge in [-0.25, -0.2) is 4.98 Å². The molecule has 2 aromatic heterocycles. The summed E-state index contributed by atoms with van der Waals surface area (Å²) >= 11 is 0. The minimum atomic E-state index is -0.0546. The van der Waals surface area contributed by atoms with Crippen molar-refractivity contribution in [2.45, 2.75) is 18.9 Å². The summed E-state index contributed by atoms with van der Waals surface area (Å²) in [5.74, 6) is 0.843. The molecule has 3 heterocycles. The first-order valence-electron chi connectivity index (χ1n) is 7.03. The Kier molecular flexibility index (Phi) is 3.81. The van der Waals surface area contributed by atoms with Crippen molar-refractivity contribution in [3.05, 3.63) is 36.5 Å². The normalized spacial score (nSPS) is 16.0. The van der Waals surface area contributed by atoms with Gasteiger partial charge in [-0.15, -0.1) is 0 Å². The van der Waals surface area contributed by atoms with Crippen LogP contribution in [0.4, 0.5) is 5.82 Å². The van der Waals surface area contributed by atoms with E-state index in [0.717, 1.165) is 31.7 Å². The van der Waals surface area contributed by atoms with E-state index in [1.165, 1.54) is 0 Å². The van der Waals surface area contributed by atoms with Gasteiger partial charge in [-0.3, -0.25) is 14.5 Å². The number of rotatable bonds is 3. The number of hydrogen-bond donors (Lipinski definition) is 1. The minimum absolute atomic E-state index is 0.0546. The SMILES string of the molecule is Cn1cc(C(=O)NC2CCN(c3cnccn3)CC2)cn1. The van der Waals surface area contributed by atoms with E-state index in [1.54, 1.807) is 42.7 Å². The molecule has 0 atom stereocenters. The van der Waals surface area contributed by atoms with Crippen LogP contribution in [0.2, 0.25) is 0 Å². The van der Waals surface area contributed by atoms with Crippen molar-refractivity contribution in [3.8, 4) is 0 Å². The van der Waals surface area contributed by atoms with E-state index in [2.05, 4.69) is 25.3 Å². The monoisotopic (exact) mass is 286 g/mol. The molecule has 1 saturated heterocycles. The summed E-state index contributed by atoms with van der Waals surface area (Å²) in [7, 11) is 1.80. The number of aryl methyl sites for hydroxylation is 1. The molecule has 1 aliphatic rings. The molecule has 0 aliphatic carbocycles. The zero-order chi connectivity index (χ0) is 14.7. The highest BCUT2D eigenvalue weighted by Gasteiger charge is 2.22. The van der Waals surface area contributed by atoms with E-state index < -0.39 is 0 Å². The van der Waals surface area contributed by atoms with Gasteiger partial charge in [0.15, 0.2) is 0 Å². The Balaban J connectivity index is 1.53. The van der Waals surface area contributed by atoms with E-state index in [4.69, 9.17) is 0 Å². The lowest BCUT2D eigenvalue weighted by atomic mass is 10.0. The molecule has 1 N–H and O–H groups in total. The summed E-state index contributed by atoms with van der Waals surface area (Å²) in [5, 5.41) is 7.08. The Morgan fingerprint density at radius 2 is 2.10 bits per heavy atom. The van der Waals surface area contributed by atoms with Crippen molar-refractivity contribution in [1.29, 1.82) is 0 Å². The van der Waals surface area contributed by atoms with Gasteiger partial charge >= 0.3 is 0 Å². The molecular weight excluding hydrogens is 268 g/mol. The molecule has 7 heteroatoms. The van der Waals surface area contributed by atoms with Crippen molar-refractivity contribution in [2.24, 2.45) is 7.05 Å². The maximum atomic E-state index is 12.1. The lowest BCUT2D eigenvalue weighted by molar-refractivity contribution is 0.0931. The van der Waals surface area contributed by atoms with Crippen LogP contribution in [-0.2, 0) is 7.05 Å². The molecule has 0 saturated carbocycles. The molecule has 1 fully saturated rings. The first-order valence-corrected chi connectivity index (χ1v) is 7.03. The fourth-order valence-electron chi connectivity index (χ4n) is 2.51. The van der Waals surface area contributed by atoms with Crippen LogP contribution >= 0.6 is 0 Å². The molecule has 110 valence electrons. The highest BCUT2D eigenvalue weighted by molar-refractivity contribution is 5.93. The number of carbonyl (C=O) groups excluding carboxylic acids is 1. The van der Waals surface area contributed by atoms with Crippen LogP contribution in [-0.4, -0.2) is 44.8 Å².